The molecule has 0 radical (unpaired) electrons. The van der Waals surface area contributed by atoms with Gasteiger partial charge in [0, 0.05) is 7.11 Å². The molecular formula is C15H21N3O3. The predicted molar refractivity (Wildman–Crippen MR) is 77.8 cm³/mol. The first-order valence-electron chi connectivity index (χ1n) is 7.02. The van der Waals surface area contributed by atoms with E-state index in [4.69, 9.17) is 13.9 Å². The summed E-state index contributed by atoms with van der Waals surface area (Å²) in [6.07, 6.45) is 0. The molecule has 1 N–H and O–H groups in total. The summed E-state index contributed by atoms with van der Waals surface area (Å²) in [5.41, 5.74) is 1.09. The predicted octanol–water partition coefficient (Wildman–Crippen LogP) is 1.93. The van der Waals surface area contributed by atoms with Crippen LogP contribution in [0.2, 0.25) is 0 Å². The molecule has 1 heterocycles. The van der Waals surface area contributed by atoms with E-state index in [9.17, 15) is 0 Å². The molecule has 0 amide bonds. The van der Waals surface area contributed by atoms with Gasteiger partial charge >= 0.3 is 0 Å². The number of nitrogens with one attached hydrogen (secondary N) is 1. The highest BCUT2D eigenvalue weighted by Gasteiger charge is 2.19. The molecule has 0 fully saturated rings. The van der Waals surface area contributed by atoms with E-state index in [1.54, 1.807) is 7.11 Å². The summed E-state index contributed by atoms with van der Waals surface area (Å²) in [6, 6.07) is 9.93. The number of methoxy groups -OCH3 is 1. The zero-order chi connectivity index (χ0) is 14.9. The van der Waals surface area contributed by atoms with Gasteiger partial charge in [0.25, 0.3) is 0 Å². The third kappa shape index (κ3) is 4.63. The van der Waals surface area contributed by atoms with E-state index in [0.717, 1.165) is 12.1 Å². The van der Waals surface area contributed by atoms with Crippen LogP contribution in [-0.2, 0) is 16.1 Å². The van der Waals surface area contributed by atoms with Gasteiger partial charge in [0.2, 0.25) is 11.8 Å². The molecule has 0 aliphatic heterocycles. The van der Waals surface area contributed by atoms with Crippen LogP contribution < -0.4 is 5.32 Å². The van der Waals surface area contributed by atoms with Gasteiger partial charge in [-0.3, -0.25) is 0 Å². The highest BCUT2D eigenvalue weighted by atomic mass is 16.5. The van der Waals surface area contributed by atoms with Crippen LogP contribution in [0.3, 0.4) is 0 Å². The van der Waals surface area contributed by atoms with E-state index >= 15 is 0 Å². The largest absolute Gasteiger partial charge is 0.421 e. The van der Waals surface area contributed by atoms with Crippen molar-refractivity contribution in [2.45, 2.75) is 19.6 Å². The van der Waals surface area contributed by atoms with Gasteiger partial charge in [-0.25, -0.2) is 0 Å². The molecule has 1 aromatic heterocycles. The number of ether oxygens (including phenoxy) is 2. The standard InChI is InChI=1S/C15H21N3O3/c1-3-16-14(12-7-5-4-6-8-12)15-18-17-13(21-15)11-20-10-9-19-2/h4-8,14,16H,3,9-11H2,1-2H3. The Labute approximate surface area is 124 Å². The normalized spacial score (nSPS) is 12.5. The van der Waals surface area contributed by atoms with Crippen molar-refractivity contribution in [3.05, 3.63) is 47.7 Å². The van der Waals surface area contributed by atoms with E-state index in [1.807, 2.05) is 37.3 Å². The summed E-state index contributed by atoms with van der Waals surface area (Å²) in [4.78, 5) is 0. The number of hydrogen-bond acceptors (Lipinski definition) is 6. The molecule has 1 aromatic carbocycles. The lowest BCUT2D eigenvalue weighted by Gasteiger charge is -2.13. The molecule has 0 aliphatic carbocycles. The van der Waals surface area contributed by atoms with Gasteiger partial charge in [-0.05, 0) is 12.1 Å². The Bertz CT molecular complexity index is 516. The van der Waals surface area contributed by atoms with Crippen LogP contribution in [0.1, 0.15) is 30.3 Å². The zero-order valence-corrected chi connectivity index (χ0v) is 12.4. The van der Waals surface area contributed by atoms with Crippen LogP contribution in [-0.4, -0.2) is 37.1 Å². The van der Waals surface area contributed by atoms with Gasteiger partial charge in [0.15, 0.2) is 0 Å². The van der Waals surface area contributed by atoms with Gasteiger partial charge in [0.1, 0.15) is 12.6 Å². The minimum absolute atomic E-state index is 0.101. The molecule has 1 unspecified atom stereocenters. The third-order valence-electron chi connectivity index (χ3n) is 2.93. The van der Waals surface area contributed by atoms with Gasteiger partial charge in [-0.2, -0.15) is 0 Å². The summed E-state index contributed by atoms with van der Waals surface area (Å²) in [6.45, 7) is 4.20. The minimum atomic E-state index is -0.101. The Balaban J connectivity index is 2.02. The number of benzene rings is 1. The maximum Gasteiger partial charge on any atom is 0.242 e. The Kier molecular flexibility index (Phi) is 6.33. The second kappa shape index (κ2) is 8.51. The van der Waals surface area contributed by atoms with E-state index in [-0.39, 0.29) is 6.04 Å². The molecule has 0 spiro atoms. The summed E-state index contributed by atoms with van der Waals surface area (Å²) in [5, 5.41) is 11.5. The maximum absolute atomic E-state index is 5.68. The van der Waals surface area contributed by atoms with Crippen LogP contribution >= 0.6 is 0 Å². The zero-order valence-electron chi connectivity index (χ0n) is 12.4. The van der Waals surface area contributed by atoms with Crippen molar-refractivity contribution in [3.8, 4) is 0 Å². The molecule has 0 saturated heterocycles. The Morgan fingerprint density at radius 1 is 1.19 bits per heavy atom. The van der Waals surface area contributed by atoms with Gasteiger partial charge < -0.3 is 19.2 Å². The van der Waals surface area contributed by atoms with Crippen molar-refractivity contribution < 1.29 is 13.9 Å². The molecule has 6 nitrogen and oxygen atoms in total. The summed E-state index contributed by atoms with van der Waals surface area (Å²) < 4.78 is 16.0. The summed E-state index contributed by atoms with van der Waals surface area (Å²) >= 11 is 0. The fourth-order valence-electron chi connectivity index (χ4n) is 1.94. The van der Waals surface area contributed by atoms with Crippen molar-refractivity contribution in [1.82, 2.24) is 15.5 Å². The Hall–Kier alpha value is -1.76. The number of nitrogens with zero attached hydrogens (tertiary/aromatic N) is 2. The van der Waals surface area contributed by atoms with Gasteiger partial charge in [-0.1, -0.05) is 37.3 Å². The first-order chi connectivity index (χ1) is 10.3. The maximum atomic E-state index is 5.68. The molecule has 21 heavy (non-hydrogen) atoms. The Morgan fingerprint density at radius 2 is 2.00 bits per heavy atom. The molecule has 0 saturated carbocycles. The van der Waals surface area contributed by atoms with Gasteiger partial charge in [0.05, 0.1) is 13.2 Å². The average molecular weight is 291 g/mol. The summed E-state index contributed by atoms with van der Waals surface area (Å²) in [7, 11) is 1.63. The third-order valence-corrected chi connectivity index (χ3v) is 2.93. The Morgan fingerprint density at radius 3 is 2.71 bits per heavy atom. The van der Waals surface area contributed by atoms with Crippen molar-refractivity contribution in [3.63, 3.8) is 0 Å². The van der Waals surface area contributed by atoms with Crippen LogP contribution in [0.25, 0.3) is 0 Å². The number of aromatic nitrogens is 2. The van der Waals surface area contributed by atoms with Crippen LogP contribution in [0.5, 0.6) is 0 Å². The fraction of sp³-hybridized carbons (Fsp3) is 0.467. The minimum Gasteiger partial charge on any atom is -0.421 e. The van der Waals surface area contributed by atoms with Crippen molar-refractivity contribution >= 4 is 0 Å². The molecule has 6 heteroatoms. The number of rotatable bonds is 9. The molecule has 1 atom stereocenters. The molecule has 0 aliphatic rings. The second-order valence-electron chi connectivity index (χ2n) is 4.48. The lowest BCUT2D eigenvalue weighted by atomic mass is 10.1. The van der Waals surface area contributed by atoms with Gasteiger partial charge in [-0.15, -0.1) is 10.2 Å². The molecule has 0 bridgehead atoms. The fourth-order valence-corrected chi connectivity index (χ4v) is 1.94. The van der Waals surface area contributed by atoms with E-state index in [2.05, 4.69) is 15.5 Å². The topological polar surface area (TPSA) is 69.4 Å². The average Bonchev–Trinajstić information content (AvgIpc) is 2.98. The smallest absolute Gasteiger partial charge is 0.242 e. The van der Waals surface area contributed by atoms with Crippen LogP contribution in [0, 0.1) is 0 Å². The first-order valence-corrected chi connectivity index (χ1v) is 7.02. The second-order valence-corrected chi connectivity index (χ2v) is 4.48. The summed E-state index contributed by atoms with van der Waals surface area (Å²) in [5.74, 6) is 1.02. The highest BCUT2D eigenvalue weighted by molar-refractivity contribution is 5.23. The van der Waals surface area contributed by atoms with Crippen molar-refractivity contribution in [1.29, 1.82) is 0 Å². The number of hydrogen-bond donors (Lipinski definition) is 1. The van der Waals surface area contributed by atoms with Crippen molar-refractivity contribution in [2.24, 2.45) is 0 Å². The quantitative estimate of drug-likeness (QED) is 0.712. The van der Waals surface area contributed by atoms with E-state index in [0.29, 0.717) is 31.6 Å². The van der Waals surface area contributed by atoms with Crippen LogP contribution in [0.4, 0.5) is 0 Å². The lowest BCUT2D eigenvalue weighted by Crippen LogP contribution is -2.22. The van der Waals surface area contributed by atoms with Crippen LogP contribution in [0.15, 0.2) is 34.7 Å². The molecule has 2 rings (SSSR count). The lowest BCUT2D eigenvalue weighted by molar-refractivity contribution is 0.0511. The van der Waals surface area contributed by atoms with E-state index < -0.39 is 0 Å². The molecular weight excluding hydrogens is 270 g/mol. The monoisotopic (exact) mass is 291 g/mol. The SMILES string of the molecule is CCNC(c1ccccc1)c1nnc(COCCOC)o1. The molecule has 114 valence electrons. The van der Waals surface area contributed by atoms with Crippen molar-refractivity contribution in [2.75, 3.05) is 26.9 Å². The highest BCUT2D eigenvalue weighted by Crippen LogP contribution is 2.20. The van der Waals surface area contributed by atoms with E-state index in [1.165, 1.54) is 0 Å². The molecule has 2 aromatic rings. The first kappa shape index (κ1) is 15.6.